The first kappa shape index (κ1) is 16.9. The third-order valence-corrected chi connectivity index (χ3v) is 4.63. The molecule has 0 amide bonds. The number of methoxy groups -OCH3 is 2. The van der Waals surface area contributed by atoms with E-state index in [0.717, 1.165) is 27.8 Å². The molecule has 0 fully saturated rings. The van der Waals surface area contributed by atoms with Gasteiger partial charge in [0.2, 0.25) is 0 Å². The van der Waals surface area contributed by atoms with Gasteiger partial charge < -0.3 is 14.5 Å². The molecule has 0 bridgehead atoms. The topological polar surface area (TPSA) is 51.3 Å². The summed E-state index contributed by atoms with van der Waals surface area (Å²) in [6, 6.07) is 23.8. The summed E-state index contributed by atoms with van der Waals surface area (Å²) in [7, 11) is 3.14. The summed E-state index contributed by atoms with van der Waals surface area (Å²) in [6.07, 6.45) is 0. The van der Waals surface area contributed by atoms with Crippen LogP contribution in [0.2, 0.25) is 0 Å². The van der Waals surface area contributed by atoms with Gasteiger partial charge >= 0.3 is 0 Å². The minimum Gasteiger partial charge on any atom is -0.493 e. The normalized spacial score (nSPS) is 10.7. The van der Waals surface area contributed by atoms with Crippen LogP contribution in [0.4, 0.5) is 0 Å². The van der Waals surface area contributed by atoms with Gasteiger partial charge in [0.1, 0.15) is 0 Å². The van der Waals surface area contributed by atoms with Crippen molar-refractivity contribution < 1.29 is 9.47 Å². The van der Waals surface area contributed by atoms with Crippen LogP contribution >= 0.6 is 0 Å². The van der Waals surface area contributed by atoms with Crippen molar-refractivity contribution in [1.82, 2.24) is 4.98 Å². The SMILES string of the molecule is COc1cc2cc(-c3cccc(-c4ccccc4)c3)[nH]c(=O)c2cc1OC. The first-order chi connectivity index (χ1) is 13.2. The molecule has 0 aliphatic heterocycles. The quantitative estimate of drug-likeness (QED) is 0.566. The maximum absolute atomic E-state index is 12.6. The Kier molecular flexibility index (Phi) is 4.38. The van der Waals surface area contributed by atoms with E-state index in [4.69, 9.17) is 9.47 Å². The van der Waals surface area contributed by atoms with Gasteiger partial charge in [0.05, 0.1) is 19.6 Å². The number of H-pyrrole nitrogens is 1. The van der Waals surface area contributed by atoms with Crippen molar-refractivity contribution in [3.05, 3.63) is 83.2 Å². The molecule has 0 aliphatic rings. The molecule has 1 aromatic heterocycles. The molecule has 0 unspecified atom stereocenters. The largest absolute Gasteiger partial charge is 0.493 e. The highest BCUT2D eigenvalue weighted by Crippen LogP contribution is 2.32. The van der Waals surface area contributed by atoms with Crippen molar-refractivity contribution in [1.29, 1.82) is 0 Å². The lowest BCUT2D eigenvalue weighted by Gasteiger charge is -2.11. The van der Waals surface area contributed by atoms with E-state index in [1.54, 1.807) is 20.3 Å². The number of rotatable bonds is 4. The second-order valence-corrected chi connectivity index (χ2v) is 6.25. The molecule has 0 aliphatic carbocycles. The maximum Gasteiger partial charge on any atom is 0.256 e. The second kappa shape index (κ2) is 7.00. The van der Waals surface area contributed by atoms with Gasteiger partial charge in [-0.1, -0.05) is 48.5 Å². The maximum atomic E-state index is 12.6. The van der Waals surface area contributed by atoms with Gasteiger partial charge in [-0.15, -0.1) is 0 Å². The van der Waals surface area contributed by atoms with Crippen LogP contribution in [0.15, 0.2) is 77.6 Å². The van der Waals surface area contributed by atoms with Gasteiger partial charge in [0.15, 0.2) is 11.5 Å². The molecule has 0 spiro atoms. The van der Waals surface area contributed by atoms with E-state index in [-0.39, 0.29) is 5.56 Å². The standard InChI is InChI=1S/C23H19NO3/c1-26-21-13-18-12-20(24-23(25)19(18)14-22(21)27-2)17-10-6-9-16(11-17)15-7-4-3-5-8-15/h3-14H,1-2H3,(H,24,25). The second-order valence-electron chi connectivity index (χ2n) is 6.25. The lowest BCUT2D eigenvalue weighted by atomic mass is 10.0. The van der Waals surface area contributed by atoms with E-state index in [0.29, 0.717) is 16.9 Å². The molecule has 0 radical (unpaired) electrons. The number of benzene rings is 3. The summed E-state index contributed by atoms with van der Waals surface area (Å²) < 4.78 is 10.7. The molecule has 0 atom stereocenters. The zero-order valence-electron chi connectivity index (χ0n) is 15.2. The van der Waals surface area contributed by atoms with E-state index in [1.807, 2.05) is 42.5 Å². The van der Waals surface area contributed by atoms with E-state index < -0.39 is 0 Å². The molecular weight excluding hydrogens is 338 g/mol. The highest BCUT2D eigenvalue weighted by molar-refractivity contribution is 5.88. The van der Waals surface area contributed by atoms with Crippen LogP contribution in [0.1, 0.15) is 0 Å². The minimum atomic E-state index is -0.159. The summed E-state index contributed by atoms with van der Waals surface area (Å²) in [5.74, 6) is 1.13. The Labute approximate surface area is 157 Å². The summed E-state index contributed by atoms with van der Waals surface area (Å²) >= 11 is 0. The number of hydrogen-bond donors (Lipinski definition) is 1. The molecule has 4 rings (SSSR count). The Bertz CT molecular complexity index is 1160. The highest BCUT2D eigenvalue weighted by Gasteiger charge is 2.11. The smallest absolute Gasteiger partial charge is 0.256 e. The predicted molar refractivity (Wildman–Crippen MR) is 109 cm³/mol. The molecule has 27 heavy (non-hydrogen) atoms. The molecule has 1 heterocycles. The summed E-state index contributed by atoms with van der Waals surface area (Å²) in [5, 5.41) is 1.37. The van der Waals surface area contributed by atoms with Crippen molar-refractivity contribution in [2.45, 2.75) is 0 Å². The Morgan fingerprint density at radius 1 is 0.704 bits per heavy atom. The van der Waals surface area contributed by atoms with Crippen molar-refractivity contribution in [2.75, 3.05) is 14.2 Å². The van der Waals surface area contributed by atoms with Crippen LogP contribution in [-0.2, 0) is 0 Å². The minimum absolute atomic E-state index is 0.159. The van der Waals surface area contributed by atoms with Crippen molar-refractivity contribution in [3.63, 3.8) is 0 Å². The fraction of sp³-hybridized carbons (Fsp3) is 0.0870. The fourth-order valence-corrected chi connectivity index (χ4v) is 3.24. The van der Waals surface area contributed by atoms with E-state index in [1.165, 1.54) is 0 Å². The first-order valence-corrected chi connectivity index (χ1v) is 8.64. The fourth-order valence-electron chi connectivity index (χ4n) is 3.24. The molecule has 0 saturated carbocycles. The van der Waals surface area contributed by atoms with E-state index >= 15 is 0 Å². The Morgan fingerprint density at radius 3 is 2.11 bits per heavy atom. The van der Waals surface area contributed by atoms with Gasteiger partial charge in [-0.25, -0.2) is 0 Å². The number of fused-ring (bicyclic) bond motifs is 1. The first-order valence-electron chi connectivity index (χ1n) is 8.64. The third kappa shape index (κ3) is 3.17. The summed E-state index contributed by atoms with van der Waals surface area (Å²) in [4.78, 5) is 15.6. The number of aromatic amines is 1. The third-order valence-electron chi connectivity index (χ3n) is 4.63. The average Bonchev–Trinajstić information content (AvgIpc) is 2.73. The van der Waals surface area contributed by atoms with Crippen molar-refractivity contribution in [2.24, 2.45) is 0 Å². The molecule has 134 valence electrons. The number of ether oxygens (including phenoxy) is 2. The van der Waals surface area contributed by atoms with Gasteiger partial charge in [-0.05, 0) is 46.3 Å². The van der Waals surface area contributed by atoms with Gasteiger partial charge in [0.25, 0.3) is 5.56 Å². The lowest BCUT2D eigenvalue weighted by Crippen LogP contribution is -2.08. The highest BCUT2D eigenvalue weighted by atomic mass is 16.5. The van der Waals surface area contributed by atoms with Gasteiger partial charge in [-0.2, -0.15) is 0 Å². The molecule has 0 saturated heterocycles. The Hall–Kier alpha value is -3.53. The molecule has 1 N–H and O–H groups in total. The average molecular weight is 357 g/mol. The number of pyridine rings is 1. The van der Waals surface area contributed by atoms with Crippen LogP contribution in [-0.4, -0.2) is 19.2 Å². The van der Waals surface area contributed by atoms with Crippen LogP contribution < -0.4 is 15.0 Å². The number of nitrogens with one attached hydrogen (secondary N) is 1. The summed E-state index contributed by atoms with van der Waals surface area (Å²) in [5.41, 5.74) is 3.78. The molecule has 4 nitrogen and oxygen atoms in total. The molecule has 3 aromatic carbocycles. The van der Waals surface area contributed by atoms with E-state index in [2.05, 4.69) is 29.2 Å². The van der Waals surface area contributed by atoms with Crippen LogP contribution in [0.3, 0.4) is 0 Å². The van der Waals surface area contributed by atoms with Crippen molar-refractivity contribution in [3.8, 4) is 33.9 Å². The van der Waals surface area contributed by atoms with Gasteiger partial charge in [-0.3, -0.25) is 4.79 Å². The number of aromatic nitrogens is 1. The zero-order valence-corrected chi connectivity index (χ0v) is 15.2. The van der Waals surface area contributed by atoms with Gasteiger partial charge in [0, 0.05) is 5.69 Å². The number of hydrogen-bond acceptors (Lipinski definition) is 3. The van der Waals surface area contributed by atoms with E-state index in [9.17, 15) is 4.79 Å². The zero-order chi connectivity index (χ0) is 18.8. The van der Waals surface area contributed by atoms with Crippen molar-refractivity contribution >= 4 is 10.8 Å². The molecular formula is C23H19NO3. The predicted octanol–water partition coefficient (Wildman–Crippen LogP) is 4.88. The molecule has 4 aromatic rings. The van der Waals surface area contributed by atoms with Crippen LogP contribution in [0.25, 0.3) is 33.2 Å². The van der Waals surface area contributed by atoms with Crippen LogP contribution in [0.5, 0.6) is 11.5 Å². The molecule has 4 heteroatoms. The monoisotopic (exact) mass is 357 g/mol. The summed E-state index contributed by atoms with van der Waals surface area (Å²) in [6.45, 7) is 0. The lowest BCUT2D eigenvalue weighted by molar-refractivity contribution is 0.356. The van der Waals surface area contributed by atoms with Crippen LogP contribution in [0, 0.1) is 0 Å². The Balaban J connectivity index is 1.86. The Morgan fingerprint density at radius 2 is 1.37 bits per heavy atom.